The van der Waals surface area contributed by atoms with Crippen LogP contribution in [0.3, 0.4) is 0 Å². The number of benzene rings is 6. The largest absolute Gasteiger partial charge is 0.310 e. The second-order valence-corrected chi connectivity index (χ2v) is 11.8. The molecular formula is C45H41N. The molecule has 0 atom stereocenters. The summed E-state index contributed by atoms with van der Waals surface area (Å²) in [6.07, 6.45) is 0. The molecule has 0 bridgehead atoms. The third kappa shape index (κ3) is 4.01. The highest BCUT2D eigenvalue weighted by atomic mass is 15.1. The highest BCUT2D eigenvalue weighted by molar-refractivity contribution is 5.96. The standard InChI is InChI=1S/C45H41N/c1-28-26-37-42-39(45(6,7)43(37)30(3)29(28)2)18-13-19-41(42)46(33-22-20-32(21-23-33)31-14-9-8-10-15-31)34-24-25-36-35-16-11-12-17-38(35)44(4,5)40(36)27-34/h8-27H,1-7H3/i1D3,2D3,3D3,4D3,5D3,6D3,7D3. The Kier molecular flexibility index (Phi) is 3.03. The second-order valence-electron chi connectivity index (χ2n) is 11.8. The fraction of sp³-hybridized carbons (Fsp3) is 0.200. The summed E-state index contributed by atoms with van der Waals surface area (Å²) in [6, 6.07) is 31.7. The van der Waals surface area contributed by atoms with Gasteiger partial charge in [0.15, 0.2) is 0 Å². The number of fused-ring (bicyclic) bond motifs is 6. The van der Waals surface area contributed by atoms with E-state index in [0.29, 0.717) is 11.1 Å². The maximum Gasteiger partial charge on any atom is 0.0543 e. The molecule has 0 radical (unpaired) electrons. The maximum atomic E-state index is 9.04. The topological polar surface area (TPSA) is 3.24 Å². The van der Waals surface area contributed by atoms with Gasteiger partial charge in [0, 0.05) is 56.6 Å². The molecule has 0 heterocycles. The van der Waals surface area contributed by atoms with Gasteiger partial charge in [0.05, 0.1) is 5.69 Å². The highest BCUT2D eigenvalue weighted by Crippen LogP contribution is 2.57. The lowest BCUT2D eigenvalue weighted by Gasteiger charge is -2.30. The Morgan fingerprint density at radius 3 is 1.96 bits per heavy atom. The van der Waals surface area contributed by atoms with E-state index in [0.717, 1.165) is 17.2 Å². The Morgan fingerprint density at radius 1 is 0.500 bits per heavy atom. The van der Waals surface area contributed by atoms with E-state index in [1.54, 1.807) is 54.6 Å². The molecule has 0 saturated carbocycles. The molecule has 46 heavy (non-hydrogen) atoms. The Hall–Kier alpha value is -4.88. The lowest BCUT2D eigenvalue weighted by molar-refractivity contribution is 0.654. The highest BCUT2D eigenvalue weighted by Gasteiger charge is 2.40. The van der Waals surface area contributed by atoms with E-state index in [2.05, 4.69) is 0 Å². The summed E-state index contributed by atoms with van der Waals surface area (Å²) in [5.74, 6) is 0. The fourth-order valence-electron chi connectivity index (χ4n) is 6.99. The number of anilines is 3. The summed E-state index contributed by atoms with van der Waals surface area (Å²) in [4.78, 5) is 1.50. The molecule has 0 unspecified atom stereocenters. The first-order chi connectivity index (χ1) is 30.7. The molecule has 8 rings (SSSR count). The zero-order valence-corrected chi connectivity index (χ0v) is 24.5. The van der Waals surface area contributed by atoms with E-state index in [4.69, 9.17) is 28.8 Å². The van der Waals surface area contributed by atoms with Crippen molar-refractivity contribution >= 4 is 17.1 Å². The van der Waals surface area contributed by atoms with Gasteiger partial charge in [0.1, 0.15) is 0 Å². The molecule has 6 aromatic rings. The summed E-state index contributed by atoms with van der Waals surface area (Å²) in [5, 5.41) is 0. The van der Waals surface area contributed by atoms with Crippen LogP contribution in [0.15, 0.2) is 121 Å². The van der Waals surface area contributed by atoms with Gasteiger partial charge in [-0.3, -0.25) is 0 Å². The van der Waals surface area contributed by atoms with Crippen LogP contribution in [0.25, 0.3) is 33.4 Å². The summed E-state index contributed by atoms with van der Waals surface area (Å²) >= 11 is 0. The van der Waals surface area contributed by atoms with Crippen molar-refractivity contribution in [2.45, 2.75) is 58.8 Å². The monoisotopic (exact) mass is 616 g/mol. The Labute approximate surface area is 303 Å². The zero-order chi connectivity index (χ0) is 49.5. The number of nitrogens with zero attached hydrogens (tertiary/aromatic N) is 1. The lowest BCUT2D eigenvalue weighted by Crippen LogP contribution is -2.18. The first kappa shape index (κ1) is 13.9. The zero-order valence-electron chi connectivity index (χ0n) is 45.5. The van der Waals surface area contributed by atoms with E-state index in [1.165, 1.54) is 35.2 Å². The summed E-state index contributed by atoms with van der Waals surface area (Å²) in [6.45, 7) is -24.1. The molecule has 0 N–H and O–H groups in total. The molecule has 2 aliphatic rings. The minimum absolute atomic E-state index is 0.0371. The van der Waals surface area contributed by atoms with Gasteiger partial charge >= 0.3 is 0 Å². The molecule has 6 aromatic carbocycles. The van der Waals surface area contributed by atoms with Crippen LogP contribution in [0.5, 0.6) is 0 Å². The van der Waals surface area contributed by atoms with E-state index in [9.17, 15) is 0 Å². The van der Waals surface area contributed by atoms with Gasteiger partial charge in [-0.25, -0.2) is 0 Å². The van der Waals surface area contributed by atoms with Crippen LogP contribution >= 0.6 is 0 Å². The Balaban J connectivity index is 1.57. The average Bonchev–Trinajstić information content (AvgIpc) is 3.69. The van der Waals surface area contributed by atoms with Crippen LogP contribution in [-0.4, -0.2) is 0 Å². The SMILES string of the molecule is [2H]C([2H])([2H])c1cc2c(c(C([2H])([2H])[2H])c1C([2H])([2H])[2H])C(C([2H])([2H])[2H])(C([2H])([2H])[2H])c1cccc(N(c3ccc(-c4ccccc4)cc3)c3ccc4c(c3)C(C([2H])([2H])[2H])(C([2H])([2H])[2H])c3ccccc3-4)c1-2. The van der Waals surface area contributed by atoms with Crippen molar-refractivity contribution in [1.29, 1.82) is 0 Å². The van der Waals surface area contributed by atoms with Crippen molar-refractivity contribution in [1.82, 2.24) is 0 Å². The van der Waals surface area contributed by atoms with Crippen LogP contribution in [-0.2, 0) is 10.8 Å². The van der Waals surface area contributed by atoms with Gasteiger partial charge < -0.3 is 4.90 Å². The van der Waals surface area contributed by atoms with Gasteiger partial charge in [-0.2, -0.15) is 0 Å². The maximum absolute atomic E-state index is 9.04. The van der Waals surface area contributed by atoms with Crippen molar-refractivity contribution in [2.75, 3.05) is 4.90 Å². The van der Waals surface area contributed by atoms with E-state index < -0.39 is 92.2 Å². The molecule has 0 saturated heterocycles. The quantitative estimate of drug-likeness (QED) is 0.190. The first-order valence-electron chi connectivity index (χ1n) is 25.3. The van der Waals surface area contributed by atoms with Crippen molar-refractivity contribution in [2.24, 2.45) is 0 Å². The number of aryl methyl sites for hydroxylation is 1. The third-order valence-corrected chi connectivity index (χ3v) is 9.18. The normalized spacial score (nSPS) is 23.4. The fourth-order valence-corrected chi connectivity index (χ4v) is 6.99. The Bertz CT molecular complexity index is 2880. The van der Waals surface area contributed by atoms with Crippen LogP contribution in [0.2, 0.25) is 0 Å². The molecule has 0 spiro atoms. The molecule has 2 aliphatic carbocycles. The van der Waals surface area contributed by atoms with Crippen molar-refractivity contribution in [3.8, 4) is 33.4 Å². The van der Waals surface area contributed by atoms with Gasteiger partial charge in [0.2, 0.25) is 0 Å². The van der Waals surface area contributed by atoms with Gasteiger partial charge in [-0.1, -0.05) is 118 Å². The summed E-state index contributed by atoms with van der Waals surface area (Å²) < 4.78 is 185. The van der Waals surface area contributed by atoms with Gasteiger partial charge in [-0.15, -0.1) is 0 Å². The van der Waals surface area contributed by atoms with E-state index in [-0.39, 0.29) is 33.8 Å². The van der Waals surface area contributed by atoms with Crippen LogP contribution in [0, 0.1) is 20.6 Å². The minimum atomic E-state index is -3.66. The summed E-state index contributed by atoms with van der Waals surface area (Å²) in [5.41, 5.74) is -8.89. The third-order valence-electron chi connectivity index (χ3n) is 9.18. The molecule has 1 nitrogen and oxygen atoms in total. The molecule has 0 amide bonds. The Morgan fingerprint density at radius 2 is 1.20 bits per heavy atom. The van der Waals surface area contributed by atoms with Crippen LogP contribution in [0.4, 0.5) is 17.1 Å². The number of hydrogen-bond acceptors (Lipinski definition) is 1. The molecule has 0 fully saturated rings. The van der Waals surface area contributed by atoms with Gasteiger partial charge in [0.25, 0.3) is 0 Å². The molecule has 226 valence electrons. The van der Waals surface area contributed by atoms with E-state index in [1.807, 2.05) is 30.3 Å². The summed E-state index contributed by atoms with van der Waals surface area (Å²) in [7, 11) is 0. The molecule has 0 aliphatic heterocycles. The predicted molar refractivity (Wildman–Crippen MR) is 196 cm³/mol. The van der Waals surface area contributed by atoms with Gasteiger partial charge in [-0.05, 0) is 118 Å². The van der Waals surface area contributed by atoms with Crippen LogP contribution in [0.1, 0.15) is 95.1 Å². The number of rotatable bonds is 4. The lowest BCUT2D eigenvalue weighted by atomic mass is 9.79. The average molecular weight is 617 g/mol. The van der Waals surface area contributed by atoms with Crippen molar-refractivity contribution in [3.05, 3.63) is 160 Å². The van der Waals surface area contributed by atoms with E-state index >= 15 is 0 Å². The molecule has 1 heteroatoms. The smallest absolute Gasteiger partial charge is 0.0543 e. The van der Waals surface area contributed by atoms with Crippen LogP contribution < -0.4 is 4.90 Å². The second kappa shape index (κ2) is 10.1. The van der Waals surface area contributed by atoms with Crippen molar-refractivity contribution in [3.63, 3.8) is 0 Å². The molecular weight excluding hydrogens is 555 g/mol. The number of hydrogen-bond donors (Lipinski definition) is 0. The van der Waals surface area contributed by atoms with Crippen molar-refractivity contribution < 1.29 is 28.8 Å². The predicted octanol–water partition coefficient (Wildman–Crippen LogP) is 12.4. The minimum Gasteiger partial charge on any atom is -0.310 e. The molecule has 0 aromatic heterocycles. The first-order valence-corrected chi connectivity index (χ1v) is 14.8.